The molecule has 0 bridgehead atoms. The Labute approximate surface area is 341 Å². The number of hydrogen-bond donors (Lipinski definition) is 0. The lowest BCUT2D eigenvalue weighted by molar-refractivity contribution is 0.585. The molecule has 16 heteroatoms. The fraction of sp³-hybridized carbons (Fsp3) is 0.231. The number of halogens is 2. The van der Waals surface area contributed by atoms with E-state index in [-0.39, 0.29) is 10.8 Å². The minimum absolute atomic E-state index is 0.241. The van der Waals surface area contributed by atoms with Gasteiger partial charge >= 0.3 is 0 Å². The van der Waals surface area contributed by atoms with Gasteiger partial charge in [-0.2, -0.15) is 0 Å². The number of thiazole rings is 2. The van der Waals surface area contributed by atoms with E-state index in [1.165, 1.54) is 27.0 Å². The van der Waals surface area contributed by atoms with Gasteiger partial charge in [0.05, 0.1) is 26.8 Å². The number of imidazole rings is 2. The van der Waals surface area contributed by atoms with Crippen molar-refractivity contribution in [1.29, 1.82) is 0 Å². The summed E-state index contributed by atoms with van der Waals surface area (Å²) < 4.78 is 35.8. The molecular formula is C39H36Cl2N8O2S4. The van der Waals surface area contributed by atoms with Crippen molar-refractivity contribution in [1.82, 2.24) is 29.1 Å². The minimum atomic E-state index is -3.84. The first kappa shape index (κ1) is 37.6. The summed E-state index contributed by atoms with van der Waals surface area (Å²) in [6.45, 7) is 7.09. The standard InChI is InChI=1S/C39H36Cl2N8O2S4/c1-26-19-30(40)22-32-35(26)44-38(53-32)48(14-5-12-46-16-10-42-25-46)24-28-7-3-8-29(21-28)37-43-11-17-47(37)13-6-15-49(55(50,51)34-9-4-18-52-34)39-45-36-27(2)20-31(41)23-33(36)54-39/h3-4,7-11,16-23,25H,5-6,12-15,24H2,1-2H3. The van der Waals surface area contributed by atoms with Gasteiger partial charge in [-0.25, -0.2) is 32.7 Å². The van der Waals surface area contributed by atoms with E-state index in [1.54, 1.807) is 41.2 Å². The summed E-state index contributed by atoms with van der Waals surface area (Å²) in [5.41, 5.74) is 5.81. The van der Waals surface area contributed by atoms with Crippen LogP contribution in [0, 0.1) is 13.8 Å². The molecule has 10 nitrogen and oxygen atoms in total. The second kappa shape index (κ2) is 16.0. The second-order valence-electron chi connectivity index (χ2n) is 13.2. The number of benzene rings is 3. The molecule has 0 amide bonds. The predicted octanol–water partition coefficient (Wildman–Crippen LogP) is 10.3. The fourth-order valence-electron chi connectivity index (χ4n) is 6.63. The SMILES string of the molecule is Cc1cc(Cl)cc2sc(N(CCCn3ccnc3)Cc3cccc(-c4nccn4CCCN(c4nc5c(C)cc(Cl)cc5s4)S(=O)(=O)c4cccs4)c3)nc12. The Hall–Kier alpha value is -4.31. The molecule has 0 radical (unpaired) electrons. The second-order valence-corrected chi connectivity index (χ2v) is 19.1. The van der Waals surface area contributed by atoms with Crippen LogP contribution in [0.5, 0.6) is 0 Å². The van der Waals surface area contributed by atoms with E-state index in [9.17, 15) is 8.42 Å². The zero-order chi connectivity index (χ0) is 38.1. The fourth-order valence-corrected chi connectivity index (χ4v) is 12.3. The van der Waals surface area contributed by atoms with Gasteiger partial charge in [-0.05, 0) is 85.2 Å². The number of rotatable bonds is 15. The lowest BCUT2D eigenvalue weighted by atomic mass is 10.1. The Morgan fingerprint density at radius 1 is 0.800 bits per heavy atom. The highest BCUT2D eigenvalue weighted by atomic mass is 35.5. The van der Waals surface area contributed by atoms with E-state index in [0.29, 0.717) is 34.7 Å². The van der Waals surface area contributed by atoms with Crippen LogP contribution in [0.15, 0.2) is 101 Å². The third-order valence-electron chi connectivity index (χ3n) is 9.24. The quantitative estimate of drug-likeness (QED) is 0.101. The molecule has 8 aromatic rings. The molecule has 8 rings (SSSR count). The highest BCUT2D eigenvalue weighted by Crippen LogP contribution is 2.37. The average Bonchev–Trinajstić information content (AvgIpc) is 4.00. The van der Waals surface area contributed by atoms with Crippen LogP contribution in [-0.4, -0.2) is 50.6 Å². The van der Waals surface area contributed by atoms with Gasteiger partial charge in [0.1, 0.15) is 10.0 Å². The monoisotopic (exact) mass is 846 g/mol. The number of fused-ring (bicyclic) bond motifs is 2. The Morgan fingerprint density at radius 3 is 2.24 bits per heavy atom. The summed E-state index contributed by atoms with van der Waals surface area (Å²) in [6, 6.07) is 19.5. The van der Waals surface area contributed by atoms with Crippen LogP contribution in [0.1, 0.15) is 29.5 Å². The molecule has 0 unspecified atom stereocenters. The van der Waals surface area contributed by atoms with Gasteiger partial charge in [-0.3, -0.25) is 0 Å². The van der Waals surface area contributed by atoms with E-state index in [4.69, 9.17) is 38.2 Å². The van der Waals surface area contributed by atoms with Crippen molar-refractivity contribution in [2.75, 3.05) is 22.3 Å². The lowest BCUT2D eigenvalue weighted by Gasteiger charge is -2.22. The summed E-state index contributed by atoms with van der Waals surface area (Å²) in [5.74, 6) is 0.816. The minimum Gasteiger partial charge on any atom is -0.344 e. The molecule has 282 valence electrons. The zero-order valence-electron chi connectivity index (χ0n) is 30.0. The summed E-state index contributed by atoms with van der Waals surface area (Å²) in [5, 5.41) is 4.46. The number of aromatic nitrogens is 6. The summed E-state index contributed by atoms with van der Waals surface area (Å²) in [4.78, 5) is 21.1. The van der Waals surface area contributed by atoms with Crippen LogP contribution in [0.3, 0.4) is 0 Å². The molecule has 0 N–H and O–H groups in total. The van der Waals surface area contributed by atoms with Gasteiger partial charge < -0.3 is 14.0 Å². The Morgan fingerprint density at radius 2 is 1.53 bits per heavy atom. The third kappa shape index (κ3) is 8.16. The third-order valence-corrected chi connectivity index (χ3v) is 15.0. The number of nitrogens with zero attached hydrogens (tertiary/aromatic N) is 8. The van der Waals surface area contributed by atoms with Crippen molar-refractivity contribution in [2.24, 2.45) is 0 Å². The predicted molar refractivity (Wildman–Crippen MR) is 228 cm³/mol. The topological polar surface area (TPSA) is 102 Å². The number of hydrogen-bond acceptors (Lipinski definition) is 10. The van der Waals surface area contributed by atoms with Gasteiger partial charge in [0, 0.05) is 73.1 Å². The molecule has 0 fully saturated rings. The van der Waals surface area contributed by atoms with E-state index >= 15 is 0 Å². The Balaban J connectivity index is 1.02. The van der Waals surface area contributed by atoms with Crippen LogP contribution >= 0.6 is 57.2 Å². The van der Waals surface area contributed by atoms with E-state index in [2.05, 4.69) is 43.3 Å². The van der Waals surface area contributed by atoms with Crippen LogP contribution in [0.4, 0.5) is 10.3 Å². The molecular weight excluding hydrogens is 812 g/mol. The van der Waals surface area contributed by atoms with Crippen LogP contribution < -0.4 is 9.21 Å². The maximum Gasteiger partial charge on any atom is 0.275 e. The van der Waals surface area contributed by atoms with E-state index in [0.717, 1.165) is 73.2 Å². The van der Waals surface area contributed by atoms with Crippen molar-refractivity contribution in [2.45, 2.75) is 50.5 Å². The maximum atomic E-state index is 14.0. The molecule has 0 aliphatic rings. The number of sulfonamides is 1. The molecule has 3 aromatic carbocycles. The summed E-state index contributed by atoms with van der Waals surface area (Å²) >= 11 is 17.0. The van der Waals surface area contributed by atoms with Crippen LogP contribution in [0.2, 0.25) is 10.0 Å². The van der Waals surface area contributed by atoms with Crippen molar-refractivity contribution >= 4 is 97.9 Å². The number of anilines is 2. The molecule has 55 heavy (non-hydrogen) atoms. The highest BCUT2D eigenvalue weighted by molar-refractivity contribution is 7.95. The van der Waals surface area contributed by atoms with E-state index in [1.807, 2.05) is 56.8 Å². The number of thiophene rings is 1. The van der Waals surface area contributed by atoms with Crippen LogP contribution in [0.25, 0.3) is 31.8 Å². The first-order chi connectivity index (χ1) is 26.6. The molecule has 0 atom stereocenters. The molecule has 0 spiro atoms. The first-order valence-electron chi connectivity index (χ1n) is 17.6. The maximum absolute atomic E-state index is 14.0. The molecule has 0 saturated heterocycles. The lowest BCUT2D eigenvalue weighted by Crippen LogP contribution is -2.32. The smallest absolute Gasteiger partial charge is 0.275 e. The van der Waals surface area contributed by atoms with Gasteiger partial charge in [-0.15, -0.1) is 11.3 Å². The van der Waals surface area contributed by atoms with Crippen molar-refractivity contribution in [3.63, 3.8) is 0 Å². The molecule has 5 aromatic heterocycles. The summed E-state index contributed by atoms with van der Waals surface area (Å²) in [7, 11) is -3.84. The zero-order valence-corrected chi connectivity index (χ0v) is 34.7. The van der Waals surface area contributed by atoms with Crippen molar-refractivity contribution in [3.8, 4) is 11.4 Å². The Kier molecular flexibility index (Phi) is 11.0. The number of aryl methyl sites for hydroxylation is 4. The normalized spacial score (nSPS) is 11.9. The van der Waals surface area contributed by atoms with Crippen molar-refractivity contribution < 1.29 is 8.42 Å². The molecule has 0 saturated carbocycles. The average molecular weight is 848 g/mol. The molecule has 0 aliphatic carbocycles. The first-order valence-corrected chi connectivity index (χ1v) is 22.3. The molecule has 5 heterocycles. The van der Waals surface area contributed by atoms with Crippen LogP contribution in [-0.2, 0) is 29.7 Å². The largest absolute Gasteiger partial charge is 0.344 e. The summed E-state index contributed by atoms with van der Waals surface area (Å²) in [6.07, 6.45) is 10.8. The Bertz CT molecular complexity index is 2690. The highest BCUT2D eigenvalue weighted by Gasteiger charge is 2.29. The van der Waals surface area contributed by atoms with Gasteiger partial charge in [0.15, 0.2) is 5.13 Å². The van der Waals surface area contributed by atoms with Gasteiger partial charge in [-0.1, -0.05) is 70.1 Å². The molecule has 0 aliphatic heterocycles. The van der Waals surface area contributed by atoms with Gasteiger partial charge in [0.25, 0.3) is 10.0 Å². The van der Waals surface area contributed by atoms with E-state index < -0.39 is 10.0 Å². The van der Waals surface area contributed by atoms with Gasteiger partial charge in [0.2, 0.25) is 5.13 Å². The van der Waals surface area contributed by atoms with Crippen molar-refractivity contribution in [3.05, 3.63) is 124 Å².